The Kier molecular flexibility index (Phi) is 6.02. The van der Waals surface area contributed by atoms with E-state index in [9.17, 15) is 14.7 Å². The van der Waals surface area contributed by atoms with Crippen LogP contribution in [0, 0.1) is 5.92 Å². The van der Waals surface area contributed by atoms with E-state index in [0.717, 1.165) is 6.42 Å². The molecule has 19 heavy (non-hydrogen) atoms. The normalized spacial score (nSPS) is 12.0. The molecule has 0 aliphatic carbocycles. The molecule has 1 aromatic rings. The van der Waals surface area contributed by atoms with Crippen LogP contribution in [0.25, 0.3) is 0 Å². The van der Waals surface area contributed by atoms with Crippen LogP contribution in [-0.4, -0.2) is 30.1 Å². The van der Waals surface area contributed by atoms with Crippen molar-refractivity contribution in [3.05, 3.63) is 29.8 Å². The van der Waals surface area contributed by atoms with Crippen molar-refractivity contribution in [2.24, 2.45) is 5.92 Å². The minimum absolute atomic E-state index is 0.0747. The second-order valence-corrected chi connectivity index (χ2v) is 4.82. The summed E-state index contributed by atoms with van der Waals surface area (Å²) in [7, 11) is 0. The third-order valence-corrected chi connectivity index (χ3v) is 2.68. The lowest BCUT2D eigenvalue weighted by atomic mass is 10.0. The summed E-state index contributed by atoms with van der Waals surface area (Å²) in [5.41, 5.74) is 1.13. The van der Waals surface area contributed by atoms with Crippen LogP contribution >= 0.6 is 0 Å². The molecule has 1 atom stereocenters. The summed E-state index contributed by atoms with van der Waals surface area (Å²) in [6.45, 7) is 4.00. The van der Waals surface area contributed by atoms with E-state index in [1.807, 2.05) is 13.8 Å². The highest BCUT2D eigenvalue weighted by atomic mass is 16.3. The first-order valence-corrected chi connectivity index (χ1v) is 6.28. The zero-order valence-corrected chi connectivity index (χ0v) is 11.2. The van der Waals surface area contributed by atoms with Crippen LogP contribution in [0.2, 0.25) is 0 Å². The molecule has 0 spiro atoms. The Morgan fingerprint density at radius 1 is 1.32 bits per heavy atom. The second kappa shape index (κ2) is 7.53. The number of nitrogens with one attached hydrogen (secondary N) is 2. The van der Waals surface area contributed by atoms with Gasteiger partial charge >= 0.3 is 0 Å². The molecule has 0 bridgehead atoms. The highest BCUT2D eigenvalue weighted by Gasteiger charge is 2.14. The monoisotopic (exact) mass is 264 g/mol. The minimum Gasteiger partial charge on any atom is -0.394 e. The topological polar surface area (TPSA) is 78.4 Å². The first-order valence-electron chi connectivity index (χ1n) is 6.28. The van der Waals surface area contributed by atoms with Crippen LogP contribution in [0.15, 0.2) is 24.3 Å². The summed E-state index contributed by atoms with van der Waals surface area (Å²) in [5, 5.41) is 14.5. The van der Waals surface area contributed by atoms with Crippen LogP contribution in [0.1, 0.15) is 30.6 Å². The van der Waals surface area contributed by atoms with Crippen molar-refractivity contribution in [3.8, 4) is 0 Å². The van der Waals surface area contributed by atoms with Crippen molar-refractivity contribution in [1.29, 1.82) is 0 Å². The summed E-state index contributed by atoms with van der Waals surface area (Å²) in [5.74, 6) is 0.175. The molecule has 1 aromatic carbocycles. The maximum absolute atomic E-state index is 12.0. The highest BCUT2D eigenvalue weighted by molar-refractivity contribution is 5.94. The molecule has 0 saturated heterocycles. The molecule has 0 aliphatic rings. The number of carbonyl (C=O) groups excluding carboxylic acids is 2. The summed E-state index contributed by atoms with van der Waals surface area (Å²) in [4.78, 5) is 22.2. The van der Waals surface area contributed by atoms with E-state index in [4.69, 9.17) is 0 Å². The van der Waals surface area contributed by atoms with Crippen LogP contribution < -0.4 is 10.6 Å². The fourth-order valence-electron chi connectivity index (χ4n) is 1.80. The zero-order chi connectivity index (χ0) is 14.3. The summed E-state index contributed by atoms with van der Waals surface area (Å²) >= 11 is 0. The van der Waals surface area contributed by atoms with Gasteiger partial charge in [0, 0.05) is 11.3 Å². The van der Waals surface area contributed by atoms with E-state index < -0.39 is 0 Å². The number of hydrogen-bond donors (Lipinski definition) is 3. The van der Waals surface area contributed by atoms with E-state index in [1.54, 1.807) is 24.3 Å². The molecule has 0 fully saturated rings. The largest absolute Gasteiger partial charge is 0.394 e. The Hall–Kier alpha value is -1.88. The third-order valence-electron chi connectivity index (χ3n) is 2.68. The SMILES string of the molecule is CC(C)CC(CO)NC(=O)c1ccc(NC=O)cc1. The molecule has 5 nitrogen and oxygen atoms in total. The first-order chi connectivity index (χ1) is 9.06. The molecule has 1 rings (SSSR count). The number of anilines is 1. The molecular formula is C14H20N2O3. The Bertz CT molecular complexity index is 415. The van der Waals surface area contributed by atoms with E-state index in [2.05, 4.69) is 10.6 Å². The number of hydrogen-bond acceptors (Lipinski definition) is 3. The van der Waals surface area contributed by atoms with Crippen LogP contribution in [0.5, 0.6) is 0 Å². The first kappa shape index (κ1) is 15.2. The second-order valence-electron chi connectivity index (χ2n) is 4.82. The molecule has 0 heterocycles. The summed E-state index contributed by atoms with van der Waals surface area (Å²) < 4.78 is 0. The lowest BCUT2D eigenvalue weighted by Gasteiger charge is -2.18. The standard InChI is InChI=1S/C14H20N2O3/c1-10(2)7-13(8-17)16-14(19)11-3-5-12(6-4-11)15-9-18/h3-6,9-10,13,17H,7-8H2,1-2H3,(H,15,18)(H,16,19). The highest BCUT2D eigenvalue weighted by Crippen LogP contribution is 2.10. The van der Waals surface area contributed by atoms with E-state index in [0.29, 0.717) is 23.6 Å². The van der Waals surface area contributed by atoms with Crippen molar-refractivity contribution < 1.29 is 14.7 Å². The van der Waals surface area contributed by atoms with Crippen LogP contribution in [0.3, 0.4) is 0 Å². The van der Waals surface area contributed by atoms with Gasteiger partial charge < -0.3 is 15.7 Å². The number of carbonyl (C=O) groups is 2. The van der Waals surface area contributed by atoms with Crippen LogP contribution in [-0.2, 0) is 4.79 Å². The van der Waals surface area contributed by atoms with Gasteiger partial charge in [-0.1, -0.05) is 13.8 Å². The molecule has 0 aromatic heterocycles. The molecule has 3 N–H and O–H groups in total. The van der Waals surface area contributed by atoms with E-state index in [1.165, 1.54) is 0 Å². The maximum atomic E-state index is 12.0. The van der Waals surface area contributed by atoms with Gasteiger partial charge in [0.1, 0.15) is 0 Å². The Balaban J connectivity index is 2.63. The number of amides is 2. The van der Waals surface area contributed by atoms with Gasteiger partial charge in [-0.3, -0.25) is 9.59 Å². The van der Waals surface area contributed by atoms with Crippen LogP contribution in [0.4, 0.5) is 5.69 Å². The molecule has 104 valence electrons. The number of rotatable bonds is 7. The van der Waals surface area contributed by atoms with Crippen molar-refractivity contribution in [1.82, 2.24) is 5.32 Å². The van der Waals surface area contributed by atoms with Gasteiger partial charge in [0.25, 0.3) is 5.91 Å². The lowest BCUT2D eigenvalue weighted by Crippen LogP contribution is -2.38. The number of aliphatic hydroxyl groups is 1. The molecule has 1 unspecified atom stereocenters. The molecule has 2 amide bonds. The lowest BCUT2D eigenvalue weighted by molar-refractivity contribution is -0.105. The average Bonchev–Trinajstić information content (AvgIpc) is 2.38. The average molecular weight is 264 g/mol. The summed E-state index contributed by atoms with van der Waals surface area (Å²) in [6.07, 6.45) is 1.31. The third kappa shape index (κ3) is 5.09. The summed E-state index contributed by atoms with van der Waals surface area (Å²) in [6, 6.07) is 6.33. The minimum atomic E-state index is -0.236. The molecule has 5 heteroatoms. The number of benzene rings is 1. The smallest absolute Gasteiger partial charge is 0.251 e. The van der Waals surface area contributed by atoms with Crippen molar-refractivity contribution in [3.63, 3.8) is 0 Å². The molecule has 0 saturated carbocycles. The van der Waals surface area contributed by atoms with Crippen molar-refractivity contribution >= 4 is 18.0 Å². The maximum Gasteiger partial charge on any atom is 0.251 e. The van der Waals surface area contributed by atoms with Gasteiger partial charge in [0.2, 0.25) is 6.41 Å². The predicted octanol–water partition coefficient (Wildman–Crippen LogP) is 1.39. The fourth-order valence-corrected chi connectivity index (χ4v) is 1.80. The molecular weight excluding hydrogens is 244 g/mol. The van der Waals surface area contributed by atoms with E-state index >= 15 is 0 Å². The van der Waals surface area contributed by atoms with Gasteiger partial charge in [-0.2, -0.15) is 0 Å². The van der Waals surface area contributed by atoms with Crippen molar-refractivity contribution in [2.45, 2.75) is 26.3 Å². The van der Waals surface area contributed by atoms with Gasteiger partial charge in [0.05, 0.1) is 12.6 Å². The van der Waals surface area contributed by atoms with Gasteiger partial charge in [-0.05, 0) is 36.6 Å². The number of aliphatic hydroxyl groups excluding tert-OH is 1. The molecule has 0 aliphatic heterocycles. The van der Waals surface area contributed by atoms with Gasteiger partial charge in [-0.15, -0.1) is 0 Å². The van der Waals surface area contributed by atoms with Gasteiger partial charge in [-0.25, -0.2) is 0 Å². The van der Waals surface area contributed by atoms with Gasteiger partial charge in [0.15, 0.2) is 0 Å². The van der Waals surface area contributed by atoms with Crippen molar-refractivity contribution in [2.75, 3.05) is 11.9 Å². The quantitative estimate of drug-likeness (QED) is 0.651. The zero-order valence-electron chi connectivity index (χ0n) is 11.2. The Morgan fingerprint density at radius 2 is 1.95 bits per heavy atom. The Labute approximate surface area is 113 Å². The predicted molar refractivity (Wildman–Crippen MR) is 73.9 cm³/mol. The fraction of sp³-hybridized carbons (Fsp3) is 0.429. The Morgan fingerprint density at radius 3 is 2.42 bits per heavy atom. The van der Waals surface area contributed by atoms with E-state index in [-0.39, 0.29) is 18.6 Å². The molecule has 0 radical (unpaired) electrons.